The van der Waals surface area contributed by atoms with Crippen molar-refractivity contribution in [2.75, 3.05) is 20.3 Å². The molecule has 1 aromatic rings. The summed E-state index contributed by atoms with van der Waals surface area (Å²) in [5, 5.41) is 3.27. The van der Waals surface area contributed by atoms with Gasteiger partial charge in [0.05, 0.1) is 13.2 Å². The highest BCUT2D eigenvalue weighted by Gasteiger charge is 2.43. The summed E-state index contributed by atoms with van der Waals surface area (Å²) in [6.45, 7) is 1.32. The summed E-state index contributed by atoms with van der Waals surface area (Å²) in [5.41, 5.74) is 0.764. The number of ether oxygens (including phenoxy) is 2. The summed E-state index contributed by atoms with van der Waals surface area (Å²) < 4.78 is 24.7. The summed E-state index contributed by atoms with van der Waals surface area (Å²) in [7, 11) is 1.92. The van der Waals surface area contributed by atoms with Gasteiger partial charge >= 0.3 is 0 Å². The summed E-state index contributed by atoms with van der Waals surface area (Å²) in [4.78, 5) is 0. The fourth-order valence-electron chi connectivity index (χ4n) is 2.73. The van der Waals surface area contributed by atoms with Gasteiger partial charge in [0.1, 0.15) is 17.2 Å². The highest BCUT2D eigenvalue weighted by molar-refractivity contribution is 5.39. The van der Waals surface area contributed by atoms with E-state index in [2.05, 4.69) is 5.32 Å². The highest BCUT2D eigenvalue weighted by atomic mass is 19.1. The van der Waals surface area contributed by atoms with E-state index in [4.69, 9.17) is 9.47 Å². The van der Waals surface area contributed by atoms with E-state index in [0.717, 1.165) is 25.0 Å². The topological polar surface area (TPSA) is 30.5 Å². The lowest BCUT2D eigenvalue weighted by molar-refractivity contribution is 0.0195. The predicted molar refractivity (Wildman–Crippen MR) is 61.6 cm³/mol. The predicted octanol–water partition coefficient (Wildman–Crippen LogP) is 2.03. The first kappa shape index (κ1) is 11.0. The van der Waals surface area contributed by atoms with Crippen LogP contribution in [0.3, 0.4) is 0 Å². The van der Waals surface area contributed by atoms with Crippen LogP contribution in [0.1, 0.15) is 24.4 Å². The molecule has 1 N–H and O–H groups in total. The monoisotopic (exact) mass is 237 g/mol. The van der Waals surface area contributed by atoms with Crippen LogP contribution in [0.4, 0.5) is 4.39 Å². The first-order chi connectivity index (χ1) is 8.22. The van der Waals surface area contributed by atoms with Gasteiger partial charge < -0.3 is 14.8 Å². The molecule has 0 amide bonds. The molecule has 0 aliphatic carbocycles. The van der Waals surface area contributed by atoms with Gasteiger partial charge in [-0.1, -0.05) is 6.07 Å². The second kappa shape index (κ2) is 3.96. The lowest BCUT2D eigenvalue weighted by atomic mass is 9.86. The van der Waals surface area contributed by atoms with Crippen molar-refractivity contribution < 1.29 is 13.9 Å². The maximum Gasteiger partial charge on any atom is 0.136 e. The maximum atomic E-state index is 13.3. The second-order valence-electron chi connectivity index (χ2n) is 4.82. The molecular weight excluding hydrogens is 221 g/mol. The third-order valence-electron chi connectivity index (χ3n) is 3.67. The number of rotatable bonds is 1. The van der Waals surface area contributed by atoms with E-state index in [-0.39, 0.29) is 17.5 Å². The molecule has 0 aromatic heterocycles. The molecule has 3 nitrogen and oxygen atoms in total. The third-order valence-corrected chi connectivity index (χ3v) is 3.67. The molecule has 1 fully saturated rings. The van der Waals surface area contributed by atoms with Gasteiger partial charge in [-0.05, 0) is 13.1 Å². The molecule has 2 heterocycles. The van der Waals surface area contributed by atoms with Crippen LogP contribution in [0, 0.1) is 5.82 Å². The van der Waals surface area contributed by atoms with E-state index >= 15 is 0 Å². The molecule has 3 rings (SSSR count). The SMILES string of the molecule is CNC1CC2(CCOC2)Oc2cc(F)ccc21. The number of fused-ring (bicyclic) bond motifs is 1. The fourth-order valence-corrected chi connectivity index (χ4v) is 2.73. The Kier molecular flexibility index (Phi) is 2.56. The van der Waals surface area contributed by atoms with Crippen molar-refractivity contribution in [2.45, 2.75) is 24.5 Å². The minimum atomic E-state index is -0.269. The average molecular weight is 237 g/mol. The number of nitrogens with one attached hydrogen (secondary N) is 1. The molecule has 0 saturated carbocycles. The van der Waals surface area contributed by atoms with Gasteiger partial charge in [0.25, 0.3) is 0 Å². The van der Waals surface area contributed by atoms with Crippen molar-refractivity contribution in [2.24, 2.45) is 0 Å². The van der Waals surface area contributed by atoms with Crippen molar-refractivity contribution in [1.29, 1.82) is 0 Å². The van der Waals surface area contributed by atoms with Crippen molar-refractivity contribution in [1.82, 2.24) is 5.32 Å². The Hall–Kier alpha value is -1.13. The zero-order valence-electron chi connectivity index (χ0n) is 9.83. The lowest BCUT2D eigenvalue weighted by Crippen LogP contribution is -2.44. The Morgan fingerprint density at radius 3 is 3.06 bits per heavy atom. The summed E-state index contributed by atoms with van der Waals surface area (Å²) in [5.74, 6) is 0.399. The summed E-state index contributed by atoms with van der Waals surface area (Å²) in [6, 6.07) is 4.96. The van der Waals surface area contributed by atoms with Gasteiger partial charge in [0.2, 0.25) is 0 Å². The van der Waals surface area contributed by atoms with Gasteiger partial charge in [0, 0.05) is 30.5 Å². The quantitative estimate of drug-likeness (QED) is 0.810. The Balaban J connectivity index is 2.00. The molecule has 0 bridgehead atoms. The zero-order chi connectivity index (χ0) is 11.9. The van der Waals surface area contributed by atoms with Crippen molar-refractivity contribution in [3.8, 4) is 5.75 Å². The first-order valence-corrected chi connectivity index (χ1v) is 5.96. The Bertz CT molecular complexity index is 429. The number of halogens is 1. The summed E-state index contributed by atoms with van der Waals surface area (Å²) >= 11 is 0. The minimum absolute atomic E-state index is 0.209. The normalized spacial score (nSPS) is 31.3. The molecule has 92 valence electrons. The van der Waals surface area contributed by atoms with E-state index in [0.29, 0.717) is 12.4 Å². The molecule has 2 aliphatic heterocycles. The Labute approximate surface area is 99.9 Å². The van der Waals surface area contributed by atoms with Gasteiger partial charge in [0.15, 0.2) is 0 Å². The van der Waals surface area contributed by atoms with Crippen LogP contribution in [0.15, 0.2) is 18.2 Å². The first-order valence-electron chi connectivity index (χ1n) is 5.96. The van der Waals surface area contributed by atoms with E-state index < -0.39 is 0 Å². The molecule has 2 atom stereocenters. The van der Waals surface area contributed by atoms with Crippen LogP contribution in [0.25, 0.3) is 0 Å². The molecule has 0 radical (unpaired) electrons. The molecular formula is C13H16FNO2. The lowest BCUT2D eigenvalue weighted by Gasteiger charge is -2.38. The van der Waals surface area contributed by atoms with Gasteiger partial charge in [-0.3, -0.25) is 0 Å². The maximum absolute atomic E-state index is 13.3. The standard InChI is InChI=1S/C13H16FNO2/c1-15-11-7-13(4-5-16-8-13)17-12-6-9(14)2-3-10(11)12/h2-3,6,11,15H,4-5,7-8H2,1H3. The number of hydrogen-bond donors (Lipinski definition) is 1. The highest BCUT2D eigenvalue weighted by Crippen LogP contribution is 2.43. The fraction of sp³-hybridized carbons (Fsp3) is 0.538. The number of benzene rings is 1. The molecule has 1 spiro atoms. The minimum Gasteiger partial charge on any atom is -0.484 e. The van der Waals surface area contributed by atoms with Crippen LogP contribution in [-0.4, -0.2) is 25.9 Å². The smallest absolute Gasteiger partial charge is 0.136 e. The number of hydrogen-bond acceptors (Lipinski definition) is 3. The molecule has 2 unspecified atom stereocenters. The molecule has 17 heavy (non-hydrogen) atoms. The van der Waals surface area contributed by atoms with Gasteiger partial charge in [-0.25, -0.2) is 4.39 Å². The Morgan fingerprint density at radius 1 is 1.47 bits per heavy atom. The van der Waals surface area contributed by atoms with Gasteiger partial charge in [-0.15, -0.1) is 0 Å². The van der Waals surface area contributed by atoms with Crippen molar-refractivity contribution in [3.05, 3.63) is 29.6 Å². The van der Waals surface area contributed by atoms with Crippen LogP contribution in [0.2, 0.25) is 0 Å². The molecule has 1 aromatic carbocycles. The molecule has 1 saturated heterocycles. The largest absolute Gasteiger partial charge is 0.484 e. The average Bonchev–Trinajstić information content (AvgIpc) is 2.75. The van der Waals surface area contributed by atoms with Crippen LogP contribution in [0.5, 0.6) is 5.75 Å². The van der Waals surface area contributed by atoms with Crippen molar-refractivity contribution in [3.63, 3.8) is 0 Å². The zero-order valence-corrected chi connectivity index (χ0v) is 9.83. The summed E-state index contributed by atoms with van der Waals surface area (Å²) in [6.07, 6.45) is 1.75. The van der Waals surface area contributed by atoms with E-state index in [1.807, 2.05) is 7.05 Å². The molecule has 2 aliphatic rings. The van der Waals surface area contributed by atoms with Crippen LogP contribution < -0.4 is 10.1 Å². The van der Waals surface area contributed by atoms with Crippen LogP contribution in [-0.2, 0) is 4.74 Å². The van der Waals surface area contributed by atoms with E-state index in [1.165, 1.54) is 12.1 Å². The molecule has 4 heteroatoms. The van der Waals surface area contributed by atoms with E-state index in [9.17, 15) is 4.39 Å². The van der Waals surface area contributed by atoms with Gasteiger partial charge in [-0.2, -0.15) is 0 Å². The third kappa shape index (κ3) is 1.81. The second-order valence-corrected chi connectivity index (χ2v) is 4.82. The van der Waals surface area contributed by atoms with Crippen molar-refractivity contribution >= 4 is 0 Å². The van der Waals surface area contributed by atoms with E-state index in [1.54, 1.807) is 6.07 Å². The Morgan fingerprint density at radius 2 is 2.35 bits per heavy atom. The van der Waals surface area contributed by atoms with Crippen LogP contribution >= 0.6 is 0 Å².